The lowest BCUT2D eigenvalue weighted by Gasteiger charge is -2.33. The molecule has 0 aromatic carbocycles. The summed E-state index contributed by atoms with van der Waals surface area (Å²) in [5, 5.41) is 3.57. The summed E-state index contributed by atoms with van der Waals surface area (Å²) in [4.78, 5) is 7.29. The Morgan fingerprint density at radius 3 is 2.74 bits per heavy atom. The van der Waals surface area contributed by atoms with Crippen molar-refractivity contribution in [1.82, 2.24) is 10.3 Å². The van der Waals surface area contributed by atoms with Gasteiger partial charge in [0.2, 0.25) is 0 Å². The third-order valence-corrected chi connectivity index (χ3v) is 4.52. The van der Waals surface area contributed by atoms with Gasteiger partial charge in [0, 0.05) is 30.4 Å². The van der Waals surface area contributed by atoms with E-state index in [4.69, 9.17) is 4.98 Å². The van der Waals surface area contributed by atoms with Crippen molar-refractivity contribution in [3.8, 4) is 0 Å². The molecule has 104 valence electrons. The molecular formula is C16H25N3. The van der Waals surface area contributed by atoms with Gasteiger partial charge in [0.25, 0.3) is 0 Å². The maximum Gasteiger partial charge on any atom is 0.129 e. The van der Waals surface area contributed by atoms with E-state index in [-0.39, 0.29) is 5.54 Å². The lowest BCUT2D eigenvalue weighted by molar-refractivity contribution is 0.514. The largest absolute Gasteiger partial charge is 0.351 e. The first-order valence-corrected chi connectivity index (χ1v) is 7.54. The maximum atomic E-state index is 4.84. The second kappa shape index (κ2) is 4.78. The van der Waals surface area contributed by atoms with Crippen LogP contribution in [-0.2, 0) is 6.54 Å². The standard InChI is InChI=1S/C16H25N3/c1-12-13(11-17-14-6-7-14)5-8-15(18-12)19-10-4-9-16(19,2)3/h5,8,14,17H,4,6-7,9-11H2,1-3H3. The van der Waals surface area contributed by atoms with Crippen LogP contribution in [0.1, 0.15) is 50.8 Å². The lowest BCUT2D eigenvalue weighted by atomic mass is 10.0. The highest BCUT2D eigenvalue weighted by molar-refractivity contribution is 5.45. The Morgan fingerprint density at radius 1 is 1.37 bits per heavy atom. The Hall–Kier alpha value is -1.09. The zero-order chi connectivity index (χ0) is 13.5. The molecule has 2 fully saturated rings. The van der Waals surface area contributed by atoms with E-state index >= 15 is 0 Å². The Bertz CT molecular complexity index is 463. The molecule has 1 aromatic rings. The molecule has 0 bridgehead atoms. The van der Waals surface area contributed by atoms with Gasteiger partial charge in [-0.15, -0.1) is 0 Å². The molecule has 19 heavy (non-hydrogen) atoms. The summed E-state index contributed by atoms with van der Waals surface area (Å²) in [6, 6.07) is 5.21. The molecule has 1 saturated heterocycles. The van der Waals surface area contributed by atoms with Gasteiger partial charge in [0.05, 0.1) is 0 Å². The van der Waals surface area contributed by atoms with Gasteiger partial charge in [0.15, 0.2) is 0 Å². The molecule has 0 unspecified atom stereocenters. The molecule has 1 N–H and O–H groups in total. The van der Waals surface area contributed by atoms with Crippen LogP contribution in [0.15, 0.2) is 12.1 Å². The van der Waals surface area contributed by atoms with E-state index in [9.17, 15) is 0 Å². The van der Waals surface area contributed by atoms with Crippen molar-refractivity contribution in [2.45, 2.75) is 64.6 Å². The second-order valence-corrected chi connectivity index (χ2v) is 6.64. The van der Waals surface area contributed by atoms with Gasteiger partial charge in [-0.1, -0.05) is 6.07 Å². The predicted octanol–water partition coefficient (Wildman–Crippen LogP) is 3.02. The number of rotatable bonds is 4. The quantitative estimate of drug-likeness (QED) is 0.901. The van der Waals surface area contributed by atoms with Crippen molar-refractivity contribution in [2.24, 2.45) is 0 Å². The van der Waals surface area contributed by atoms with Crippen LogP contribution in [0.4, 0.5) is 5.82 Å². The van der Waals surface area contributed by atoms with Gasteiger partial charge in [-0.25, -0.2) is 4.98 Å². The number of aromatic nitrogens is 1. The number of nitrogens with one attached hydrogen (secondary N) is 1. The SMILES string of the molecule is Cc1nc(N2CCCC2(C)C)ccc1CNC1CC1. The Labute approximate surface area is 116 Å². The van der Waals surface area contributed by atoms with Crippen molar-refractivity contribution in [3.05, 3.63) is 23.4 Å². The summed E-state index contributed by atoms with van der Waals surface area (Å²) >= 11 is 0. The highest BCUT2D eigenvalue weighted by Gasteiger charge is 2.32. The first-order chi connectivity index (χ1) is 9.06. The summed E-state index contributed by atoms with van der Waals surface area (Å²) in [5.74, 6) is 1.15. The normalized spacial score (nSPS) is 21.9. The fourth-order valence-corrected chi connectivity index (χ4v) is 2.99. The Morgan fingerprint density at radius 2 is 2.16 bits per heavy atom. The number of hydrogen-bond acceptors (Lipinski definition) is 3. The predicted molar refractivity (Wildman–Crippen MR) is 79.5 cm³/mol. The van der Waals surface area contributed by atoms with Crippen LogP contribution in [0.2, 0.25) is 0 Å². The third-order valence-electron chi connectivity index (χ3n) is 4.52. The number of nitrogens with zero attached hydrogens (tertiary/aromatic N) is 2. The summed E-state index contributed by atoms with van der Waals surface area (Å²) < 4.78 is 0. The summed E-state index contributed by atoms with van der Waals surface area (Å²) in [6.45, 7) is 8.88. The molecule has 0 spiro atoms. The minimum Gasteiger partial charge on any atom is -0.351 e. The zero-order valence-corrected chi connectivity index (χ0v) is 12.4. The van der Waals surface area contributed by atoms with Gasteiger partial charge in [0.1, 0.15) is 5.82 Å². The fourth-order valence-electron chi connectivity index (χ4n) is 2.99. The molecule has 0 radical (unpaired) electrons. The molecule has 1 saturated carbocycles. The van der Waals surface area contributed by atoms with Crippen LogP contribution in [0.5, 0.6) is 0 Å². The first-order valence-electron chi connectivity index (χ1n) is 7.54. The van der Waals surface area contributed by atoms with E-state index in [1.54, 1.807) is 0 Å². The van der Waals surface area contributed by atoms with Crippen LogP contribution in [0.3, 0.4) is 0 Å². The summed E-state index contributed by atoms with van der Waals surface area (Å²) in [6.07, 6.45) is 5.22. The van der Waals surface area contributed by atoms with E-state index in [2.05, 4.69) is 43.1 Å². The molecule has 2 heterocycles. The van der Waals surface area contributed by atoms with E-state index in [0.717, 1.165) is 24.9 Å². The molecule has 0 atom stereocenters. The number of aryl methyl sites for hydroxylation is 1. The molecule has 3 heteroatoms. The molecule has 1 aliphatic carbocycles. The third kappa shape index (κ3) is 2.76. The molecule has 2 aliphatic rings. The zero-order valence-electron chi connectivity index (χ0n) is 12.4. The van der Waals surface area contributed by atoms with Crippen LogP contribution in [0.25, 0.3) is 0 Å². The molecule has 3 nitrogen and oxygen atoms in total. The topological polar surface area (TPSA) is 28.2 Å². The van der Waals surface area contributed by atoms with Crippen molar-refractivity contribution < 1.29 is 0 Å². The van der Waals surface area contributed by atoms with Gasteiger partial charge in [-0.2, -0.15) is 0 Å². The van der Waals surface area contributed by atoms with Crippen molar-refractivity contribution in [2.75, 3.05) is 11.4 Å². The number of hydrogen-bond donors (Lipinski definition) is 1. The minimum absolute atomic E-state index is 0.257. The van der Waals surface area contributed by atoms with E-state index < -0.39 is 0 Å². The highest BCUT2D eigenvalue weighted by Crippen LogP contribution is 2.32. The first kappa shape index (κ1) is 12.9. The average molecular weight is 259 g/mol. The molecule has 0 amide bonds. The van der Waals surface area contributed by atoms with E-state index in [1.807, 2.05) is 0 Å². The fraction of sp³-hybridized carbons (Fsp3) is 0.688. The Kier molecular flexibility index (Phi) is 3.25. The highest BCUT2D eigenvalue weighted by atomic mass is 15.3. The van der Waals surface area contributed by atoms with E-state index in [0.29, 0.717) is 0 Å². The average Bonchev–Trinajstić information content (AvgIpc) is 3.11. The summed E-state index contributed by atoms with van der Waals surface area (Å²) in [7, 11) is 0. The minimum atomic E-state index is 0.257. The van der Waals surface area contributed by atoms with Crippen LogP contribution in [0, 0.1) is 6.92 Å². The van der Waals surface area contributed by atoms with Crippen LogP contribution in [-0.4, -0.2) is 23.1 Å². The van der Waals surface area contributed by atoms with Gasteiger partial charge in [-0.05, 0) is 58.1 Å². The molecule has 1 aromatic heterocycles. The van der Waals surface area contributed by atoms with Gasteiger partial charge in [-0.3, -0.25) is 0 Å². The number of pyridine rings is 1. The molecule has 1 aliphatic heterocycles. The van der Waals surface area contributed by atoms with Crippen molar-refractivity contribution in [1.29, 1.82) is 0 Å². The lowest BCUT2D eigenvalue weighted by Crippen LogP contribution is -2.38. The van der Waals surface area contributed by atoms with Crippen LogP contribution >= 0.6 is 0 Å². The van der Waals surface area contributed by atoms with Crippen molar-refractivity contribution in [3.63, 3.8) is 0 Å². The second-order valence-electron chi connectivity index (χ2n) is 6.64. The Balaban J connectivity index is 1.74. The molecule has 3 rings (SSSR count). The summed E-state index contributed by atoms with van der Waals surface area (Å²) in [5.41, 5.74) is 2.77. The van der Waals surface area contributed by atoms with E-state index in [1.165, 1.54) is 36.9 Å². The van der Waals surface area contributed by atoms with Crippen molar-refractivity contribution >= 4 is 5.82 Å². The number of anilines is 1. The van der Waals surface area contributed by atoms with Gasteiger partial charge >= 0.3 is 0 Å². The monoisotopic (exact) mass is 259 g/mol. The van der Waals surface area contributed by atoms with Crippen LogP contribution < -0.4 is 10.2 Å². The maximum absolute atomic E-state index is 4.84. The van der Waals surface area contributed by atoms with Gasteiger partial charge < -0.3 is 10.2 Å². The smallest absolute Gasteiger partial charge is 0.129 e. The molecular weight excluding hydrogens is 234 g/mol.